The standard InChI is InChI=1S/C6H6O.3HI.Zr/c7-6-4-2-1-3-5-6;;;;/h1-5,7H;3*1H;/q;;;;+3/p-3. The van der Waals surface area contributed by atoms with Crippen LogP contribution in [0.5, 0.6) is 5.75 Å². The second kappa shape index (κ2) is 8.68. The van der Waals surface area contributed by atoms with E-state index in [0.717, 1.165) is 0 Å². The van der Waals surface area contributed by atoms with E-state index >= 15 is 0 Å². The van der Waals surface area contributed by atoms with Crippen LogP contribution in [-0.4, -0.2) is 5.11 Å². The molecular weight excluding hydrogens is 560 g/mol. The second-order valence-corrected chi connectivity index (χ2v) is 58.4. The van der Waals surface area contributed by atoms with E-state index in [0.29, 0.717) is 5.75 Å². The summed E-state index contributed by atoms with van der Waals surface area (Å²) in [5.41, 5.74) is 0. The first-order chi connectivity index (χ1) is 5.13. The normalized spacial score (nSPS) is 7.91. The van der Waals surface area contributed by atoms with Gasteiger partial charge < -0.3 is 5.11 Å². The van der Waals surface area contributed by atoms with Gasteiger partial charge in [-0.1, -0.05) is 18.2 Å². The Labute approximate surface area is 102 Å². The first-order valence-corrected chi connectivity index (χ1v) is 24.6. The van der Waals surface area contributed by atoms with Crippen LogP contribution in [0.4, 0.5) is 0 Å². The molecule has 1 rings (SSSR count). The van der Waals surface area contributed by atoms with Gasteiger partial charge in [0.25, 0.3) is 0 Å². The Balaban J connectivity index is 0.000000218. The molecule has 0 spiro atoms. The molecule has 0 aromatic heterocycles. The van der Waals surface area contributed by atoms with Crippen molar-refractivity contribution in [2.45, 2.75) is 0 Å². The fourth-order valence-electron chi connectivity index (χ4n) is 0.428. The Morgan fingerprint density at radius 1 is 1.00 bits per heavy atom. The van der Waals surface area contributed by atoms with Crippen LogP contribution in [0.3, 0.4) is 0 Å². The van der Waals surface area contributed by atoms with Gasteiger partial charge in [0.1, 0.15) is 5.75 Å². The topological polar surface area (TPSA) is 20.2 Å². The van der Waals surface area contributed by atoms with Crippen LogP contribution < -0.4 is 0 Å². The van der Waals surface area contributed by atoms with E-state index in [-0.39, 0.29) is 0 Å². The third kappa shape index (κ3) is 12.1. The molecule has 0 unspecified atom stereocenters. The van der Waals surface area contributed by atoms with Gasteiger partial charge in [0, 0.05) is 0 Å². The molecule has 5 heteroatoms. The van der Waals surface area contributed by atoms with Gasteiger partial charge in [-0.15, -0.1) is 0 Å². The van der Waals surface area contributed by atoms with Gasteiger partial charge in [-0.05, 0) is 12.1 Å². The van der Waals surface area contributed by atoms with Gasteiger partial charge in [-0.2, -0.15) is 0 Å². The predicted molar refractivity (Wildman–Crippen MR) is 70.2 cm³/mol. The zero-order valence-electron chi connectivity index (χ0n) is 5.47. The minimum absolute atomic E-state index is 0.322. The summed E-state index contributed by atoms with van der Waals surface area (Å²) in [7, 11) is -0.633. The van der Waals surface area contributed by atoms with Gasteiger partial charge in [0.2, 0.25) is 0 Å². The summed E-state index contributed by atoms with van der Waals surface area (Å²) in [6, 6.07) is 8.71. The summed E-state index contributed by atoms with van der Waals surface area (Å²) in [6.45, 7) is 0. The van der Waals surface area contributed by atoms with Gasteiger partial charge in [-0.25, -0.2) is 0 Å². The molecule has 0 amide bonds. The van der Waals surface area contributed by atoms with Crippen LogP contribution in [-0.2, 0) is 9.18 Å². The molecule has 0 saturated carbocycles. The number of rotatable bonds is 0. The summed E-state index contributed by atoms with van der Waals surface area (Å²) >= 11 is 7.54. The van der Waals surface area contributed by atoms with Crippen molar-refractivity contribution in [2.75, 3.05) is 0 Å². The van der Waals surface area contributed by atoms with Gasteiger partial charge in [0.15, 0.2) is 0 Å². The quantitative estimate of drug-likeness (QED) is 0.471. The first kappa shape index (κ1) is 13.1. The number of hydrogen-bond donors (Lipinski definition) is 1. The van der Waals surface area contributed by atoms with Crippen LogP contribution >= 0.6 is 54.1 Å². The Morgan fingerprint density at radius 3 is 1.55 bits per heavy atom. The monoisotopic (exact) mass is 565 g/mol. The Hall–Kier alpha value is 2.09. The zero-order valence-corrected chi connectivity index (χ0v) is 14.4. The predicted octanol–water partition coefficient (Wildman–Crippen LogP) is 4.05. The zero-order chi connectivity index (χ0) is 8.69. The average molecular weight is 566 g/mol. The van der Waals surface area contributed by atoms with Crippen molar-refractivity contribution >= 4 is 54.1 Å². The molecule has 1 aromatic carbocycles. The van der Waals surface area contributed by atoms with Crippen LogP contribution in [0, 0.1) is 0 Å². The Morgan fingerprint density at radius 2 is 1.36 bits per heavy atom. The van der Waals surface area contributed by atoms with Crippen LogP contribution in [0.1, 0.15) is 0 Å². The van der Waals surface area contributed by atoms with E-state index < -0.39 is 9.18 Å². The molecule has 0 fully saturated rings. The Bertz CT molecular complexity index is 178. The summed E-state index contributed by atoms with van der Waals surface area (Å²) < 4.78 is 0. The van der Waals surface area contributed by atoms with E-state index in [1.165, 1.54) is 0 Å². The first-order valence-electron chi connectivity index (χ1n) is 2.70. The third-order valence-electron chi connectivity index (χ3n) is 0.756. The van der Waals surface area contributed by atoms with Crippen molar-refractivity contribution in [3.05, 3.63) is 30.3 Å². The van der Waals surface area contributed by atoms with Gasteiger partial charge in [-0.3, -0.25) is 0 Å². The molecule has 0 bridgehead atoms. The van der Waals surface area contributed by atoms with E-state index in [2.05, 4.69) is 54.1 Å². The molecular formula is C6H6I3OZr. The fourth-order valence-corrected chi connectivity index (χ4v) is 0.428. The van der Waals surface area contributed by atoms with Crippen molar-refractivity contribution < 1.29 is 14.3 Å². The van der Waals surface area contributed by atoms with E-state index in [1.54, 1.807) is 24.3 Å². The second-order valence-electron chi connectivity index (χ2n) is 1.55. The molecule has 0 heterocycles. The summed E-state index contributed by atoms with van der Waals surface area (Å²) in [4.78, 5) is 0. The molecule has 0 saturated heterocycles. The van der Waals surface area contributed by atoms with E-state index in [4.69, 9.17) is 5.11 Å². The van der Waals surface area contributed by atoms with E-state index in [1.807, 2.05) is 6.07 Å². The number of aromatic hydroxyl groups is 1. The van der Waals surface area contributed by atoms with Crippen molar-refractivity contribution in [1.29, 1.82) is 0 Å². The number of phenolic OH excluding ortho intramolecular Hbond substituents is 1. The molecule has 61 valence electrons. The molecule has 0 radical (unpaired) electrons. The Kier molecular flexibility index (Phi) is 10.3. The van der Waals surface area contributed by atoms with Crippen LogP contribution in [0.25, 0.3) is 0 Å². The summed E-state index contributed by atoms with van der Waals surface area (Å²) in [5, 5.41) is 8.63. The van der Waals surface area contributed by atoms with Crippen molar-refractivity contribution in [1.82, 2.24) is 0 Å². The number of benzene rings is 1. The number of phenols is 1. The minimum atomic E-state index is -0.633. The third-order valence-corrected chi connectivity index (χ3v) is 0.756. The van der Waals surface area contributed by atoms with E-state index in [9.17, 15) is 0 Å². The van der Waals surface area contributed by atoms with Crippen molar-refractivity contribution in [3.63, 3.8) is 0 Å². The molecule has 1 aromatic rings. The fraction of sp³-hybridized carbons (Fsp3) is 0. The number of halogens is 3. The SMILES string of the molecule is Oc1ccccc1.[I][Zr]([I])[I]. The molecule has 0 aliphatic heterocycles. The van der Waals surface area contributed by atoms with Gasteiger partial charge in [0.05, 0.1) is 0 Å². The van der Waals surface area contributed by atoms with Crippen LogP contribution in [0.15, 0.2) is 30.3 Å². The van der Waals surface area contributed by atoms with Crippen LogP contribution in [0.2, 0.25) is 0 Å². The summed E-state index contributed by atoms with van der Waals surface area (Å²) in [5.74, 6) is 0.322. The van der Waals surface area contributed by atoms with Crippen molar-refractivity contribution in [2.24, 2.45) is 0 Å². The molecule has 0 atom stereocenters. The number of hydrogen-bond acceptors (Lipinski definition) is 1. The number of para-hydroxylation sites is 1. The molecule has 0 aliphatic rings. The van der Waals surface area contributed by atoms with Crippen molar-refractivity contribution in [3.8, 4) is 5.75 Å². The maximum absolute atomic E-state index is 8.63. The molecule has 0 aliphatic carbocycles. The average Bonchev–Trinajstić information content (AvgIpc) is 1.87. The summed E-state index contributed by atoms with van der Waals surface area (Å²) in [6.07, 6.45) is 0. The molecule has 1 N–H and O–H groups in total. The van der Waals surface area contributed by atoms with Gasteiger partial charge >= 0.3 is 63.3 Å². The molecule has 1 nitrogen and oxygen atoms in total. The maximum atomic E-state index is 8.63. The molecule has 11 heavy (non-hydrogen) atoms.